The molecule has 1 saturated heterocycles. The minimum atomic E-state index is -4.79. The highest BCUT2D eigenvalue weighted by Crippen LogP contribution is 2.38. The summed E-state index contributed by atoms with van der Waals surface area (Å²) in [5.74, 6) is -2.00. The summed E-state index contributed by atoms with van der Waals surface area (Å²) in [4.78, 5) is 31.6. The molecule has 1 aromatic rings. The number of carbonyl (C=O) groups is 1. The molecule has 6 N–H and O–H groups in total. The molecule has 4 atom stereocenters. The number of aliphatic hydroxyl groups is 2. The summed E-state index contributed by atoms with van der Waals surface area (Å²) in [6.45, 7) is -0.718. The molecule has 1 amide bonds. The molecule has 13 heteroatoms. The lowest BCUT2D eigenvalue weighted by Gasteiger charge is -2.21. The first-order valence-electron chi connectivity index (χ1n) is 5.87. The van der Waals surface area contributed by atoms with Crippen LogP contribution in [0.3, 0.4) is 0 Å². The van der Waals surface area contributed by atoms with Gasteiger partial charge in [-0.25, -0.2) is 9.55 Å². The number of hydrogen-bond donors (Lipinski definition) is 5. The van der Waals surface area contributed by atoms with Crippen LogP contribution < -0.4 is 10.8 Å². The Hall–Kier alpha value is -1.53. The summed E-state index contributed by atoms with van der Waals surface area (Å²) in [7, 11) is -4.79. The highest BCUT2D eigenvalue weighted by atomic mass is 31.2. The van der Waals surface area contributed by atoms with Gasteiger partial charge in [0.15, 0.2) is 6.23 Å². The normalized spacial score (nSPS) is 28.9. The molecule has 0 radical (unpaired) electrons. The van der Waals surface area contributed by atoms with Crippen molar-refractivity contribution in [1.82, 2.24) is 9.55 Å². The van der Waals surface area contributed by atoms with E-state index in [2.05, 4.69) is 9.51 Å². The van der Waals surface area contributed by atoms with Gasteiger partial charge in [-0.05, 0) is 5.88 Å². The Morgan fingerprint density at radius 2 is 2.14 bits per heavy atom. The molecule has 1 aliphatic heterocycles. The minimum Gasteiger partial charge on any atom is -0.858 e. The Bertz CT molecular complexity index is 613. The number of nitrogens with two attached hydrogens (primary N) is 1. The second-order valence-corrected chi connectivity index (χ2v) is 5.74. The van der Waals surface area contributed by atoms with E-state index in [0.717, 1.165) is 10.9 Å². The van der Waals surface area contributed by atoms with Gasteiger partial charge in [-0.3, -0.25) is 9.32 Å². The van der Waals surface area contributed by atoms with Crippen molar-refractivity contribution in [3.63, 3.8) is 0 Å². The lowest BCUT2D eigenvalue weighted by Crippen LogP contribution is -2.33. The molecule has 22 heavy (non-hydrogen) atoms. The molecule has 2 heterocycles. The molecule has 1 aromatic heterocycles. The predicted molar refractivity (Wildman–Crippen MR) is 64.1 cm³/mol. The molecule has 0 aliphatic carbocycles. The van der Waals surface area contributed by atoms with E-state index >= 15 is 0 Å². The molecule has 1 fully saturated rings. The van der Waals surface area contributed by atoms with Crippen molar-refractivity contribution in [2.45, 2.75) is 24.5 Å². The zero-order chi connectivity index (χ0) is 16.7. The van der Waals surface area contributed by atoms with Crippen molar-refractivity contribution in [2.75, 3.05) is 6.61 Å². The minimum absolute atomic E-state index is 0.569. The number of phosphoric ester groups is 1. The fraction of sp³-hybridized carbons (Fsp3) is 0.556. The third-order valence-corrected chi connectivity index (χ3v) is 3.49. The van der Waals surface area contributed by atoms with Crippen molar-refractivity contribution < 1.29 is 43.7 Å². The largest absolute Gasteiger partial charge is 0.858 e. The maximum atomic E-state index is 11.8. The van der Waals surface area contributed by atoms with E-state index in [9.17, 15) is 24.7 Å². The van der Waals surface area contributed by atoms with Crippen LogP contribution in [0.1, 0.15) is 16.7 Å². The smallest absolute Gasteiger partial charge is 0.469 e. The molecular formula is C9H13N3O9P-. The summed E-state index contributed by atoms with van der Waals surface area (Å²) in [5, 5.41) is 31.5. The predicted octanol–water partition coefficient (Wildman–Crippen LogP) is -3.22. The summed E-state index contributed by atoms with van der Waals surface area (Å²) < 4.78 is 20.7. The molecule has 124 valence electrons. The molecule has 1 aliphatic rings. The van der Waals surface area contributed by atoms with Gasteiger partial charge in [0.25, 0.3) is 5.91 Å². The van der Waals surface area contributed by atoms with Crippen LogP contribution >= 0.6 is 7.82 Å². The number of primary amides is 1. The number of hydrogen-bond acceptors (Lipinski definition) is 8. The Morgan fingerprint density at radius 1 is 1.50 bits per heavy atom. The molecule has 0 aromatic carbocycles. The van der Waals surface area contributed by atoms with Crippen LogP contribution in [0.4, 0.5) is 0 Å². The van der Waals surface area contributed by atoms with E-state index in [1.165, 1.54) is 0 Å². The highest BCUT2D eigenvalue weighted by molar-refractivity contribution is 7.46. The Balaban J connectivity index is 2.16. The number of aromatic nitrogens is 2. The quantitative estimate of drug-likeness (QED) is 0.340. The van der Waals surface area contributed by atoms with Gasteiger partial charge in [-0.2, -0.15) is 0 Å². The molecule has 0 spiro atoms. The van der Waals surface area contributed by atoms with E-state index in [4.69, 9.17) is 20.3 Å². The first kappa shape index (κ1) is 16.8. The van der Waals surface area contributed by atoms with Gasteiger partial charge in [-0.1, -0.05) is 0 Å². The van der Waals surface area contributed by atoms with Crippen LogP contribution in [0.2, 0.25) is 0 Å². The zero-order valence-corrected chi connectivity index (χ0v) is 11.7. The molecule has 0 bridgehead atoms. The van der Waals surface area contributed by atoms with Crippen LogP contribution in [-0.4, -0.2) is 60.4 Å². The Morgan fingerprint density at radius 3 is 2.64 bits per heavy atom. The van der Waals surface area contributed by atoms with Crippen LogP contribution in [-0.2, 0) is 13.8 Å². The van der Waals surface area contributed by atoms with Gasteiger partial charge in [0.05, 0.1) is 12.9 Å². The summed E-state index contributed by atoms with van der Waals surface area (Å²) >= 11 is 0. The van der Waals surface area contributed by atoms with Crippen molar-refractivity contribution >= 4 is 13.7 Å². The number of imidazole rings is 1. The number of rotatable bonds is 5. The van der Waals surface area contributed by atoms with Crippen LogP contribution in [0.5, 0.6) is 5.88 Å². The molecule has 2 rings (SSSR count). The summed E-state index contributed by atoms with van der Waals surface area (Å²) in [6, 6.07) is 0. The van der Waals surface area contributed by atoms with E-state index in [-0.39, 0.29) is 0 Å². The standard InChI is InChI=1S/C9H14N3O9P/c10-7(15)4-8(16)12(2-11-4)9-6(14)5(13)3(21-9)1-20-22(17,18)19/h2-3,5-6,9,13-14,16H,1H2,(H2,10,15)(H2,17,18,19)/p-1/t3-,5-,6-,9-/m1/s1. The molecule has 0 saturated carbocycles. The number of amides is 1. The maximum Gasteiger partial charge on any atom is 0.469 e. The van der Waals surface area contributed by atoms with Gasteiger partial charge in [0, 0.05) is 0 Å². The lowest BCUT2D eigenvalue weighted by molar-refractivity contribution is -0.284. The maximum absolute atomic E-state index is 11.8. The van der Waals surface area contributed by atoms with E-state index in [0.29, 0.717) is 0 Å². The third-order valence-electron chi connectivity index (χ3n) is 3.00. The van der Waals surface area contributed by atoms with Gasteiger partial charge < -0.3 is 40.1 Å². The SMILES string of the molecule is NC(=O)c1ncn([C@@H]2O[C@H](COP(=O)(O)O)[C@@H](O)[C@H]2O)c1[O-]. The fourth-order valence-electron chi connectivity index (χ4n) is 1.97. The molecule has 0 unspecified atom stereocenters. The van der Waals surface area contributed by atoms with E-state index < -0.39 is 56.5 Å². The van der Waals surface area contributed by atoms with Gasteiger partial charge >= 0.3 is 7.82 Å². The van der Waals surface area contributed by atoms with Crippen molar-refractivity contribution in [2.24, 2.45) is 5.73 Å². The average Bonchev–Trinajstić information content (AvgIpc) is 2.90. The summed E-state index contributed by atoms with van der Waals surface area (Å²) in [5.41, 5.74) is 4.37. The highest BCUT2D eigenvalue weighted by Gasteiger charge is 2.44. The number of aliphatic hydroxyl groups excluding tert-OH is 2. The Kier molecular flexibility index (Phi) is 4.54. The van der Waals surface area contributed by atoms with Crippen LogP contribution in [0.15, 0.2) is 6.33 Å². The van der Waals surface area contributed by atoms with E-state index in [1.54, 1.807) is 0 Å². The second kappa shape index (κ2) is 5.93. The third kappa shape index (κ3) is 3.28. The number of ether oxygens (including phenoxy) is 1. The Labute approximate surface area is 123 Å². The van der Waals surface area contributed by atoms with Crippen LogP contribution in [0, 0.1) is 0 Å². The van der Waals surface area contributed by atoms with Gasteiger partial charge in [0.2, 0.25) is 0 Å². The first-order valence-corrected chi connectivity index (χ1v) is 7.40. The monoisotopic (exact) mass is 338 g/mol. The van der Waals surface area contributed by atoms with Gasteiger partial charge in [-0.15, -0.1) is 0 Å². The van der Waals surface area contributed by atoms with Crippen molar-refractivity contribution in [3.05, 3.63) is 12.0 Å². The number of phosphoric acid groups is 1. The fourth-order valence-corrected chi connectivity index (χ4v) is 2.31. The number of carbonyl (C=O) groups excluding carboxylic acids is 1. The van der Waals surface area contributed by atoms with Crippen molar-refractivity contribution in [1.29, 1.82) is 0 Å². The average molecular weight is 338 g/mol. The summed E-state index contributed by atoms with van der Waals surface area (Å²) in [6.07, 6.45) is -4.99. The van der Waals surface area contributed by atoms with Crippen molar-refractivity contribution in [3.8, 4) is 5.88 Å². The van der Waals surface area contributed by atoms with E-state index in [1.807, 2.05) is 0 Å². The molecular weight excluding hydrogens is 325 g/mol. The van der Waals surface area contributed by atoms with Gasteiger partial charge in [0.1, 0.15) is 24.0 Å². The lowest BCUT2D eigenvalue weighted by atomic mass is 10.1. The zero-order valence-electron chi connectivity index (χ0n) is 10.8. The number of nitrogens with zero attached hydrogens (tertiary/aromatic N) is 2. The topological polar surface area (TPSA) is 200 Å². The second-order valence-electron chi connectivity index (χ2n) is 4.50. The molecule has 12 nitrogen and oxygen atoms in total. The first-order chi connectivity index (χ1) is 10.1. The van der Waals surface area contributed by atoms with Crippen LogP contribution in [0.25, 0.3) is 0 Å².